The van der Waals surface area contributed by atoms with Crippen molar-refractivity contribution in [2.45, 2.75) is 40.7 Å². The van der Waals surface area contributed by atoms with Crippen molar-refractivity contribution in [3.63, 3.8) is 0 Å². The maximum atomic E-state index is 12.5. The molecule has 2 aromatic carbocycles. The minimum Gasteiger partial charge on any atom is -0.493 e. The Labute approximate surface area is 145 Å². The van der Waals surface area contributed by atoms with Gasteiger partial charge in [-0.3, -0.25) is 4.79 Å². The third-order valence-electron chi connectivity index (χ3n) is 3.95. The highest BCUT2D eigenvalue weighted by atomic mass is 16.5. The van der Waals surface area contributed by atoms with Crippen LogP contribution >= 0.6 is 0 Å². The van der Waals surface area contributed by atoms with E-state index in [0.29, 0.717) is 18.1 Å². The van der Waals surface area contributed by atoms with Crippen LogP contribution in [-0.4, -0.2) is 12.5 Å². The summed E-state index contributed by atoms with van der Waals surface area (Å²) in [7, 11) is 0. The van der Waals surface area contributed by atoms with Crippen molar-refractivity contribution in [3.05, 3.63) is 64.7 Å². The summed E-state index contributed by atoms with van der Waals surface area (Å²) in [5, 5.41) is 3.07. The van der Waals surface area contributed by atoms with Gasteiger partial charge in [0.2, 0.25) is 0 Å². The maximum absolute atomic E-state index is 12.5. The Balaban J connectivity index is 2.02. The zero-order valence-electron chi connectivity index (χ0n) is 15.2. The summed E-state index contributed by atoms with van der Waals surface area (Å²) in [5.41, 5.74) is 4.18. The van der Waals surface area contributed by atoms with Gasteiger partial charge in [0.25, 0.3) is 5.91 Å². The lowest BCUT2D eigenvalue weighted by atomic mass is 10.00. The second-order valence-electron chi connectivity index (χ2n) is 6.78. The monoisotopic (exact) mass is 325 g/mol. The molecule has 0 saturated heterocycles. The molecule has 0 unspecified atom stereocenters. The Kier molecular flexibility index (Phi) is 6.02. The molecule has 0 aromatic heterocycles. The van der Waals surface area contributed by atoms with Gasteiger partial charge in [-0.2, -0.15) is 0 Å². The van der Waals surface area contributed by atoms with Gasteiger partial charge in [0, 0.05) is 5.56 Å². The molecule has 0 aliphatic heterocycles. The fourth-order valence-electron chi connectivity index (χ4n) is 2.55. The molecular formula is C21H27NO2. The van der Waals surface area contributed by atoms with Gasteiger partial charge in [0.15, 0.2) is 0 Å². The summed E-state index contributed by atoms with van der Waals surface area (Å²) in [6.07, 6.45) is 0. The first-order valence-electron chi connectivity index (χ1n) is 8.47. The standard InChI is InChI=1S/C21H27NO2/c1-14(2)13-24-19-10-8-18(9-11-19)21(23)22-17(5)20-12-15(3)6-7-16(20)4/h6-12,14,17H,13H2,1-5H3,(H,22,23)/t17-/m1/s1. The largest absolute Gasteiger partial charge is 0.493 e. The molecule has 1 atom stereocenters. The van der Waals surface area contributed by atoms with Crippen LogP contribution in [0.5, 0.6) is 5.75 Å². The van der Waals surface area contributed by atoms with Crippen molar-refractivity contribution in [1.29, 1.82) is 0 Å². The van der Waals surface area contributed by atoms with Crippen molar-refractivity contribution >= 4 is 5.91 Å². The van der Waals surface area contributed by atoms with E-state index in [1.54, 1.807) is 12.1 Å². The highest BCUT2D eigenvalue weighted by Gasteiger charge is 2.13. The molecule has 0 aliphatic carbocycles. The van der Waals surface area contributed by atoms with Gasteiger partial charge in [-0.1, -0.05) is 37.6 Å². The van der Waals surface area contributed by atoms with Gasteiger partial charge < -0.3 is 10.1 Å². The first kappa shape index (κ1) is 18.1. The number of aryl methyl sites for hydroxylation is 2. The molecule has 3 heteroatoms. The van der Waals surface area contributed by atoms with Crippen molar-refractivity contribution in [3.8, 4) is 5.75 Å². The highest BCUT2D eigenvalue weighted by Crippen LogP contribution is 2.20. The second-order valence-corrected chi connectivity index (χ2v) is 6.78. The molecule has 2 aromatic rings. The van der Waals surface area contributed by atoms with Crippen LogP contribution in [0.25, 0.3) is 0 Å². The molecule has 0 saturated carbocycles. The van der Waals surface area contributed by atoms with Crippen LogP contribution < -0.4 is 10.1 Å². The molecule has 0 aliphatic rings. The summed E-state index contributed by atoms with van der Waals surface area (Å²) < 4.78 is 5.65. The Morgan fingerprint density at radius 3 is 2.33 bits per heavy atom. The quantitative estimate of drug-likeness (QED) is 0.826. The molecule has 128 valence electrons. The minimum absolute atomic E-state index is 0.0331. The zero-order chi connectivity index (χ0) is 17.7. The molecule has 1 amide bonds. The van der Waals surface area contributed by atoms with Gasteiger partial charge in [0.05, 0.1) is 12.6 Å². The van der Waals surface area contributed by atoms with Gasteiger partial charge in [-0.05, 0) is 62.1 Å². The Morgan fingerprint density at radius 2 is 1.71 bits per heavy atom. The summed E-state index contributed by atoms with van der Waals surface area (Å²) in [4.78, 5) is 12.5. The molecule has 1 N–H and O–H groups in total. The first-order chi connectivity index (χ1) is 11.4. The van der Waals surface area contributed by atoms with Gasteiger partial charge >= 0.3 is 0 Å². The van der Waals surface area contributed by atoms with E-state index in [0.717, 1.165) is 11.3 Å². The number of rotatable bonds is 6. The van der Waals surface area contributed by atoms with E-state index in [2.05, 4.69) is 51.2 Å². The number of hydrogen-bond acceptors (Lipinski definition) is 2. The molecule has 24 heavy (non-hydrogen) atoms. The first-order valence-corrected chi connectivity index (χ1v) is 8.47. The SMILES string of the molecule is Cc1ccc(C)c([C@@H](C)NC(=O)c2ccc(OCC(C)C)cc2)c1. The Bertz CT molecular complexity index is 689. The maximum Gasteiger partial charge on any atom is 0.251 e. The van der Waals surface area contributed by atoms with E-state index in [9.17, 15) is 4.79 Å². The van der Waals surface area contributed by atoms with Crippen LogP contribution in [0.3, 0.4) is 0 Å². The third-order valence-corrected chi connectivity index (χ3v) is 3.95. The molecule has 0 spiro atoms. The number of benzene rings is 2. The Morgan fingerprint density at radius 1 is 1.04 bits per heavy atom. The van der Waals surface area contributed by atoms with Gasteiger partial charge in [0.1, 0.15) is 5.75 Å². The second kappa shape index (κ2) is 8.00. The summed E-state index contributed by atoms with van der Waals surface area (Å²) in [5.74, 6) is 1.20. The summed E-state index contributed by atoms with van der Waals surface area (Å²) in [6.45, 7) is 11.0. The van der Waals surface area contributed by atoms with E-state index < -0.39 is 0 Å². The predicted octanol–water partition coefficient (Wildman–Crippen LogP) is 4.83. The van der Waals surface area contributed by atoms with Crippen LogP contribution in [0, 0.1) is 19.8 Å². The number of hydrogen-bond donors (Lipinski definition) is 1. The molecule has 0 bridgehead atoms. The molecule has 0 heterocycles. The lowest BCUT2D eigenvalue weighted by molar-refractivity contribution is 0.0939. The number of nitrogens with one attached hydrogen (secondary N) is 1. The van der Waals surface area contributed by atoms with E-state index in [4.69, 9.17) is 4.74 Å². The normalized spacial score (nSPS) is 12.1. The zero-order valence-corrected chi connectivity index (χ0v) is 15.2. The van der Waals surface area contributed by atoms with E-state index >= 15 is 0 Å². The number of carbonyl (C=O) groups excluding carboxylic acids is 1. The predicted molar refractivity (Wildman–Crippen MR) is 98.6 cm³/mol. The van der Waals surface area contributed by atoms with Gasteiger partial charge in [-0.25, -0.2) is 0 Å². The van der Waals surface area contributed by atoms with Crippen LogP contribution in [-0.2, 0) is 0 Å². The van der Waals surface area contributed by atoms with Crippen LogP contribution in [0.2, 0.25) is 0 Å². The molecule has 0 radical (unpaired) electrons. The van der Waals surface area contributed by atoms with Crippen molar-refractivity contribution in [2.75, 3.05) is 6.61 Å². The highest BCUT2D eigenvalue weighted by molar-refractivity contribution is 5.94. The minimum atomic E-state index is -0.0705. The smallest absolute Gasteiger partial charge is 0.251 e. The van der Waals surface area contributed by atoms with Crippen molar-refractivity contribution < 1.29 is 9.53 Å². The summed E-state index contributed by atoms with van der Waals surface area (Å²) in [6, 6.07) is 13.6. The topological polar surface area (TPSA) is 38.3 Å². The van der Waals surface area contributed by atoms with E-state index in [1.165, 1.54) is 11.1 Å². The molecule has 2 rings (SSSR count). The molecular weight excluding hydrogens is 298 g/mol. The number of amides is 1. The average Bonchev–Trinajstić information content (AvgIpc) is 2.55. The Hall–Kier alpha value is -2.29. The lowest BCUT2D eigenvalue weighted by Crippen LogP contribution is -2.27. The van der Waals surface area contributed by atoms with Crippen LogP contribution in [0.1, 0.15) is 53.9 Å². The van der Waals surface area contributed by atoms with Crippen molar-refractivity contribution in [2.24, 2.45) is 5.92 Å². The number of carbonyl (C=O) groups is 1. The van der Waals surface area contributed by atoms with E-state index in [1.807, 2.05) is 19.1 Å². The van der Waals surface area contributed by atoms with Gasteiger partial charge in [-0.15, -0.1) is 0 Å². The van der Waals surface area contributed by atoms with Crippen LogP contribution in [0.4, 0.5) is 0 Å². The fourth-order valence-corrected chi connectivity index (χ4v) is 2.55. The molecule has 0 fully saturated rings. The van der Waals surface area contributed by atoms with E-state index in [-0.39, 0.29) is 11.9 Å². The van der Waals surface area contributed by atoms with Crippen LogP contribution in [0.15, 0.2) is 42.5 Å². The summed E-state index contributed by atoms with van der Waals surface area (Å²) >= 11 is 0. The fraction of sp³-hybridized carbons (Fsp3) is 0.381. The molecule has 3 nitrogen and oxygen atoms in total. The third kappa shape index (κ3) is 4.85. The van der Waals surface area contributed by atoms with Crippen molar-refractivity contribution in [1.82, 2.24) is 5.32 Å². The number of ether oxygens (including phenoxy) is 1. The lowest BCUT2D eigenvalue weighted by Gasteiger charge is -2.17. The average molecular weight is 325 g/mol.